The molecule has 0 radical (unpaired) electrons. The molecule has 0 fully saturated rings. The number of anilines is 2. The molecular weight excluding hydrogens is 429 g/mol. The fraction of sp³-hybridized carbons (Fsp3) is 0.273. The highest BCUT2D eigenvalue weighted by Crippen LogP contribution is 2.39. The molecule has 3 aromatic rings. The highest BCUT2D eigenvalue weighted by Gasteiger charge is 2.34. The molecule has 5 nitrogen and oxygen atoms in total. The number of halogens is 3. The second-order valence-electron chi connectivity index (χ2n) is 6.81. The first-order chi connectivity index (χ1) is 14.8. The summed E-state index contributed by atoms with van der Waals surface area (Å²) >= 11 is 1.21. The highest BCUT2D eigenvalue weighted by atomic mass is 32.1. The van der Waals surface area contributed by atoms with Gasteiger partial charge in [-0.2, -0.15) is 13.2 Å². The summed E-state index contributed by atoms with van der Waals surface area (Å²) in [6.45, 7) is 2.24. The van der Waals surface area contributed by atoms with Crippen molar-refractivity contribution in [1.82, 2.24) is 4.98 Å². The molecule has 0 aliphatic rings. The van der Waals surface area contributed by atoms with E-state index in [2.05, 4.69) is 10.3 Å². The van der Waals surface area contributed by atoms with Gasteiger partial charge in [0.2, 0.25) is 0 Å². The third-order valence-corrected chi connectivity index (χ3v) is 5.21. The van der Waals surface area contributed by atoms with E-state index in [4.69, 9.17) is 9.84 Å². The number of nitrogens with one attached hydrogen (secondary N) is 1. The first-order valence-corrected chi connectivity index (χ1v) is 10.6. The van der Waals surface area contributed by atoms with Gasteiger partial charge in [0.1, 0.15) is 5.75 Å². The van der Waals surface area contributed by atoms with Gasteiger partial charge in [-0.05, 0) is 36.8 Å². The van der Waals surface area contributed by atoms with Gasteiger partial charge in [0.05, 0.1) is 23.4 Å². The van der Waals surface area contributed by atoms with Crippen LogP contribution in [0, 0.1) is 0 Å². The number of hydrogen-bond acceptors (Lipinski definition) is 5. The van der Waals surface area contributed by atoms with Gasteiger partial charge in [-0.25, -0.2) is 9.78 Å². The van der Waals surface area contributed by atoms with Crippen LogP contribution in [0.25, 0.3) is 11.3 Å². The first kappa shape index (κ1) is 22.6. The fourth-order valence-electron chi connectivity index (χ4n) is 2.89. The quantitative estimate of drug-likeness (QED) is 0.349. The minimum Gasteiger partial charge on any atom is -0.493 e. The van der Waals surface area contributed by atoms with Crippen molar-refractivity contribution < 1.29 is 27.8 Å². The zero-order chi connectivity index (χ0) is 22.4. The summed E-state index contributed by atoms with van der Waals surface area (Å²) in [6, 6.07) is 10.1. The molecule has 1 aromatic heterocycles. The van der Waals surface area contributed by atoms with Crippen LogP contribution in [0.15, 0.2) is 47.8 Å². The van der Waals surface area contributed by atoms with E-state index in [-0.39, 0.29) is 23.6 Å². The van der Waals surface area contributed by atoms with Gasteiger partial charge in [0.15, 0.2) is 5.13 Å². The smallest absolute Gasteiger partial charge is 0.420 e. The van der Waals surface area contributed by atoms with Crippen molar-refractivity contribution >= 4 is 28.1 Å². The van der Waals surface area contributed by atoms with Crippen molar-refractivity contribution in [2.45, 2.75) is 32.4 Å². The number of alkyl halides is 3. The normalized spacial score (nSPS) is 11.4. The molecule has 0 saturated heterocycles. The summed E-state index contributed by atoms with van der Waals surface area (Å²) in [5, 5.41) is 14.1. The zero-order valence-electron chi connectivity index (χ0n) is 16.7. The molecule has 0 bridgehead atoms. The summed E-state index contributed by atoms with van der Waals surface area (Å²) in [4.78, 5) is 15.5. The fourth-order valence-corrected chi connectivity index (χ4v) is 3.63. The lowest BCUT2D eigenvalue weighted by Gasteiger charge is -2.15. The van der Waals surface area contributed by atoms with Gasteiger partial charge in [0.25, 0.3) is 0 Å². The molecule has 2 aromatic carbocycles. The number of carbonyl (C=O) groups is 1. The first-order valence-electron chi connectivity index (χ1n) is 9.68. The van der Waals surface area contributed by atoms with E-state index in [9.17, 15) is 18.0 Å². The average Bonchev–Trinajstić information content (AvgIpc) is 3.20. The number of aromatic carboxylic acids is 1. The number of carboxylic acids is 1. The van der Waals surface area contributed by atoms with E-state index in [1.54, 1.807) is 17.5 Å². The number of hydrogen-bond donors (Lipinski definition) is 2. The third-order valence-electron chi connectivity index (χ3n) is 4.45. The van der Waals surface area contributed by atoms with Gasteiger partial charge in [-0.1, -0.05) is 31.9 Å². The molecular formula is C22H21F3N2O3S. The van der Waals surface area contributed by atoms with Gasteiger partial charge >= 0.3 is 12.1 Å². The van der Waals surface area contributed by atoms with Crippen LogP contribution in [-0.4, -0.2) is 22.7 Å². The van der Waals surface area contributed by atoms with Gasteiger partial charge in [-0.3, -0.25) is 0 Å². The van der Waals surface area contributed by atoms with Crippen molar-refractivity contribution in [2.75, 3.05) is 11.9 Å². The number of thiazole rings is 1. The molecule has 0 amide bonds. The number of aromatic nitrogens is 1. The molecule has 31 heavy (non-hydrogen) atoms. The monoisotopic (exact) mass is 450 g/mol. The second-order valence-corrected chi connectivity index (χ2v) is 7.67. The van der Waals surface area contributed by atoms with E-state index in [0.717, 1.165) is 18.9 Å². The van der Waals surface area contributed by atoms with Crippen LogP contribution in [-0.2, 0) is 6.18 Å². The number of carboxylic acid groups (broad SMARTS) is 1. The molecule has 0 atom stereocenters. The Balaban J connectivity index is 1.78. The van der Waals surface area contributed by atoms with Crippen molar-refractivity contribution in [2.24, 2.45) is 0 Å². The maximum absolute atomic E-state index is 13.5. The topological polar surface area (TPSA) is 71.5 Å². The minimum atomic E-state index is -4.55. The van der Waals surface area contributed by atoms with Gasteiger partial charge in [0, 0.05) is 16.6 Å². The Morgan fingerprint density at radius 2 is 2.00 bits per heavy atom. The van der Waals surface area contributed by atoms with Gasteiger partial charge in [-0.15, -0.1) is 11.3 Å². The Labute approximate surface area is 181 Å². The van der Waals surface area contributed by atoms with Crippen LogP contribution in [0.3, 0.4) is 0 Å². The molecule has 0 unspecified atom stereocenters. The standard InChI is InChI=1S/C22H21F3N2O3S/c1-2-3-4-10-30-19-9-8-16(12-17(19)22(23,24)25)26-21-27-18(13-31-21)14-6-5-7-15(11-14)20(28)29/h5-9,11-13H,2-4,10H2,1H3,(H,26,27)(H,28,29). The van der Waals surface area contributed by atoms with E-state index < -0.39 is 17.7 Å². The Hall–Kier alpha value is -3.07. The van der Waals surface area contributed by atoms with Crippen LogP contribution in [0.2, 0.25) is 0 Å². The van der Waals surface area contributed by atoms with Crippen LogP contribution in [0.5, 0.6) is 5.75 Å². The van der Waals surface area contributed by atoms with Crippen LogP contribution >= 0.6 is 11.3 Å². The number of ether oxygens (including phenoxy) is 1. The van der Waals surface area contributed by atoms with Crippen LogP contribution in [0.4, 0.5) is 24.0 Å². The summed E-state index contributed by atoms with van der Waals surface area (Å²) < 4.78 is 45.9. The SMILES string of the molecule is CCCCCOc1ccc(Nc2nc(-c3cccc(C(=O)O)c3)cs2)cc1C(F)(F)F. The predicted molar refractivity (Wildman–Crippen MR) is 114 cm³/mol. The predicted octanol–water partition coefficient (Wildman–Crippen LogP) is 6.84. The molecule has 0 spiro atoms. The molecule has 9 heteroatoms. The maximum atomic E-state index is 13.5. The Morgan fingerprint density at radius 1 is 1.19 bits per heavy atom. The molecule has 164 valence electrons. The third kappa shape index (κ3) is 5.97. The average molecular weight is 450 g/mol. The Bertz CT molecular complexity index is 1050. The van der Waals surface area contributed by atoms with E-state index in [1.807, 2.05) is 6.92 Å². The maximum Gasteiger partial charge on any atom is 0.420 e. The minimum absolute atomic E-state index is 0.129. The number of rotatable bonds is 9. The van der Waals surface area contributed by atoms with Gasteiger partial charge < -0.3 is 15.2 Å². The van der Waals surface area contributed by atoms with Crippen molar-refractivity contribution in [1.29, 1.82) is 0 Å². The molecule has 0 saturated carbocycles. The van der Waals surface area contributed by atoms with Crippen molar-refractivity contribution in [3.63, 3.8) is 0 Å². The summed E-state index contributed by atoms with van der Waals surface area (Å²) in [5.41, 5.74) is 0.649. The molecule has 1 heterocycles. The number of unbranched alkanes of at least 4 members (excludes halogenated alkanes) is 2. The highest BCUT2D eigenvalue weighted by molar-refractivity contribution is 7.14. The summed E-state index contributed by atoms with van der Waals surface area (Å²) in [6.07, 6.45) is -2.01. The zero-order valence-corrected chi connectivity index (χ0v) is 17.5. The number of nitrogens with zero attached hydrogens (tertiary/aromatic N) is 1. The van der Waals surface area contributed by atoms with E-state index in [0.29, 0.717) is 22.8 Å². The molecule has 0 aliphatic carbocycles. The molecule has 3 rings (SSSR count). The summed E-state index contributed by atoms with van der Waals surface area (Å²) in [7, 11) is 0. The van der Waals surface area contributed by atoms with Crippen LogP contribution < -0.4 is 10.1 Å². The molecule has 2 N–H and O–H groups in total. The largest absolute Gasteiger partial charge is 0.493 e. The van der Waals surface area contributed by atoms with E-state index >= 15 is 0 Å². The Kier molecular flexibility index (Phi) is 7.17. The van der Waals surface area contributed by atoms with E-state index in [1.165, 1.54) is 35.6 Å². The second kappa shape index (κ2) is 9.82. The lowest BCUT2D eigenvalue weighted by atomic mass is 10.1. The molecule has 0 aliphatic heterocycles. The lowest BCUT2D eigenvalue weighted by molar-refractivity contribution is -0.138. The number of benzene rings is 2. The van der Waals surface area contributed by atoms with Crippen molar-refractivity contribution in [3.05, 3.63) is 59.0 Å². The van der Waals surface area contributed by atoms with Crippen molar-refractivity contribution in [3.8, 4) is 17.0 Å². The Morgan fingerprint density at radius 3 is 2.71 bits per heavy atom. The summed E-state index contributed by atoms with van der Waals surface area (Å²) in [5.74, 6) is -1.24. The lowest BCUT2D eigenvalue weighted by Crippen LogP contribution is -2.10. The van der Waals surface area contributed by atoms with Crippen LogP contribution in [0.1, 0.15) is 42.1 Å².